The maximum Gasteiger partial charge on any atom is 0.227 e. The SMILES string of the molecule is NC[C@H]1CCCN1C(=O)Cc1ccc(Cl)cc1Br. The highest BCUT2D eigenvalue weighted by molar-refractivity contribution is 9.10. The molecule has 0 spiro atoms. The van der Waals surface area contributed by atoms with Gasteiger partial charge in [-0.3, -0.25) is 4.79 Å². The third-order valence-electron chi connectivity index (χ3n) is 3.33. The van der Waals surface area contributed by atoms with Gasteiger partial charge in [0.2, 0.25) is 5.91 Å². The van der Waals surface area contributed by atoms with Crippen molar-refractivity contribution in [2.45, 2.75) is 25.3 Å². The van der Waals surface area contributed by atoms with Gasteiger partial charge in [-0.15, -0.1) is 0 Å². The molecule has 1 heterocycles. The first-order valence-electron chi connectivity index (χ1n) is 6.05. The number of carbonyl (C=O) groups is 1. The minimum atomic E-state index is 0.144. The highest BCUT2D eigenvalue weighted by Crippen LogP contribution is 2.24. The minimum Gasteiger partial charge on any atom is -0.338 e. The van der Waals surface area contributed by atoms with E-state index in [4.69, 9.17) is 17.3 Å². The van der Waals surface area contributed by atoms with Crippen molar-refractivity contribution < 1.29 is 4.79 Å². The van der Waals surface area contributed by atoms with Gasteiger partial charge in [-0.1, -0.05) is 33.6 Å². The molecule has 2 rings (SSSR count). The number of rotatable bonds is 3. The summed E-state index contributed by atoms with van der Waals surface area (Å²) >= 11 is 9.32. The Bertz CT molecular complexity index is 453. The quantitative estimate of drug-likeness (QED) is 0.925. The van der Waals surface area contributed by atoms with Crippen LogP contribution in [0.3, 0.4) is 0 Å². The van der Waals surface area contributed by atoms with Gasteiger partial charge in [0.05, 0.1) is 6.42 Å². The normalized spacial score (nSPS) is 19.3. The highest BCUT2D eigenvalue weighted by Gasteiger charge is 2.27. The molecular formula is C13H16BrClN2O. The van der Waals surface area contributed by atoms with Crippen LogP contribution in [0.5, 0.6) is 0 Å². The maximum absolute atomic E-state index is 12.2. The fourth-order valence-corrected chi connectivity index (χ4v) is 3.16. The number of nitrogens with two attached hydrogens (primary N) is 1. The lowest BCUT2D eigenvalue weighted by molar-refractivity contribution is -0.131. The molecule has 98 valence electrons. The number of amides is 1. The molecule has 0 bridgehead atoms. The molecule has 0 saturated carbocycles. The summed E-state index contributed by atoms with van der Waals surface area (Å²) in [6, 6.07) is 5.72. The van der Waals surface area contributed by atoms with Crippen LogP contribution >= 0.6 is 27.5 Å². The van der Waals surface area contributed by atoms with Gasteiger partial charge in [0.1, 0.15) is 0 Å². The van der Waals surface area contributed by atoms with Crippen molar-refractivity contribution in [3.8, 4) is 0 Å². The molecule has 3 nitrogen and oxygen atoms in total. The largest absolute Gasteiger partial charge is 0.338 e. The molecule has 0 radical (unpaired) electrons. The fraction of sp³-hybridized carbons (Fsp3) is 0.462. The molecule has 1 fully saturated rings. The Morgan fingerprint density at radius 2 is 2.33 bits per heavy atom. The van der Waals surface area contributed by atoms with Crippen molar-refractivity contribution in [2.24, 2.45) is 5.73 Å². The number of hydrogen-bond acceptors (Lipinski definition) is 2. The second-order valence-corrected chi connectivity index (χ2v) is 5.82. The van der Waals surface area contributed by atoms with E-state index in [0.29, 0.717) is 18.0 Å². The summed E-state index contributed by atoms with van der Waals surface area (Å²) in [5.41, 5.74) is 6.65. The molecule has 1 aliphatic rings. The maximum atomic E-state index is 12.2. The first kappa shape index (κ1) is 13.8. The highest BCUT2D eigenvalue weighted by atomic mass is 79.9. The third-order valence-corrected chi connectivity index (χ3v) is 4.30. The van der Waals surface area contributed by atoms with Crippen LogP contribution in [-0.4, -0.2) is 29.9 Å². The van der Waals surface area contributed by atoms with Gasteiger partial charge >= 0.3 is 0 Å². The van der Waals surface area contributed by atoms with E-state index in [1.54, 1.807) is 6.07 Å². The molecule has 2 N–H and O–H groups in total. The van der Waals surface area contributed by atoms with E-state index in [2.05, 4.69) is 15.9 Å². The lowest BCUT2D eigenvalue weighted by atomic mass is 10.1. The monoisotopic (exact) mass is 330 g/mol. The summed E-state index contributed by atoms with van der Waals surface area (Å²) in [5.74, 6) is 0.144. The van der Waals surface area contributed by atoms with Crippen LogP contribution in [0.25, 0.3) is 0 Å². The molecular weight excluding hydrogens is 316 g/mol. The predicted molar refractivity (Wildman–Crippen MR) is 76.6 cm³/mol. The Morgan fingerprint density at radius 3 is 3.00 bits per heavy atom. The molecule has 1 saturated heterocycles. The van der Waals surface area contributed by atoms with Crippen molar-refractivity contribution in [2.75, 3.05) is 13.1 Å². The average molecular weight is 332 g/mol. The third kappa shape index (κ3) is 3.05. The minimum absolute atomic E-state index is 0.144. The van der Waals surface area contributed by atoms with E-state index in [-0.39, 0.29) is 11.9 Å². The molecule has 0 unspecified atom stereocenters. The standard InChI is InChI=1S/C13H16BrClN2O/c14-12-7-10(15)4-3-9(12)6-13(18)17-5-1-2-11(17)8-16/h3-4,7,11H,1-2,5-6,8,16H2/t11-/m1/s1. The summed E-state index contributed by atoms with van der Waals surface area (Å²) in [7, 11) is 0. The van der Waals surface area contributed by atoms with Gasteiger partial charge in [-0.25, -0.2) is 0 Å². The van der Waals surface area contributed by atoms with E-state index in [9.17, 15) is 4.79 Å². The van der Waals surface area contributed by atoms with E-state index >= 15 is 0 Å². The van der Waals surface area contributed by atoms with Crippen LogP contribution in [0, 0.1) is 0 Å². The van der Waals surface area contributed by atoms with Gasteiger partial charge in [0, 0.05) is 28.6 Å². The summed E-state index contributed by atoms with van der Waals surface area (Å²) in [4.78, 5) is 14.1. The summed E-state index contributed by atoms with van der Waals surface area (Å²) < 4.78 is 0.881. The van der Waals surface area contributed by atoms with E-state index < -0.39 is 0 Å². The Morgan fingerprint density at radius 1 is 1.56 bits per heavy atom. The lowest BCUT2D eigenvalue weighted by Crippen LogP contribution is -2.40. The second-order valence-electron chi connectivity index (χ2n) is 4.53. The van der Waals surface area contributed by atoms with Crippen molar-refractivity contribution in [1.29, 1.82) is 0 Å². The average Bonchev–Trinajstić information content (AvgIpc) is 2.81. The molecule has 1 amide bonds. The summed E-state index contributed by atoms with van der Waals surface area (Å²) in [6.45, 7) is 1.37. The number of halogens is 2. The molecule has 5 heteroatoms. The Hall–Kier alpha value is -0.580. The van der Waals surface area contributed by atoms with Crippen LogP contribution in [0.15, 0.2) is 22.7 Å². The van der Waals surface area contributed by atoms with Crippen molar-refractivity contribution in [3.05, 3.63) is 33.3 Å². The first-order valence-corrected chi connectivity index (χ1v) is 7.22. The zero-order valence-corrected chi connectivity index (χ0v) is 12.4. The van der Waals surface area contributed by atoms with Gasteiger partial charge in [-0.05, 0) is 30.5 Å². The second kappa shape index (κ2) is 6.04. The van der Waals surface area contributed by atoms with Gasteiger partial charge in [0.15, 0.2) is 0 Å². The molecule has 1 aliphatic heterocycles. The molecule has 1 atom stereocenters. The van der Waals surface area contributed by atoms with Gasteiger partial charge in [-0.2, -0.15) is 0 Å². The van der Waals surface area contributed by atoms with Crippen LogP contribution in [0.4, 0.5) is 0 Å². The summed E-state index contributed by atoms with van der Waals surface area (Å²) in [6.07, 6.45) is 2.47. The summed E-state index contributed by atoms with van der Waals surface area (Å²) in [5, 5.41) is 0.666. The first-order chi connectivity index (χ1) is 8.61. The zero-order chi connectivity index (χ0) is 13.1. The number of benzene rings is 1. The van der Waals surface area contributed by atoms with Crippen LogP contribution < -0.4 is 5.73 Å². The molecule has 18 heavy (non-hydrogen) atoms. The molecule has 0 aliphatic carbocycles. The smallest absolute Gasteiger partial charge is 0.227 e. The Kier molecular flexibility index (Phi) is 4.65. The van der Waals surface area contributed by atoms with Crippen molar-refractivity contribution in [1.82, 2.24) is 4.90 Å². The fourth-order valence-electron chi connectivity index (χ4n) is 2.34. The predicted octanol–water partition coefficient (Wildman–Crippen LogP) is 2.59. The van der Waals surface area contributed by atoms with E-state index in [1.807, 2.05) is 17.0 Å². The lowest BCUT2D eigenvalue weighted by Gasteiger charge is -2.23. The van der Waals surface area contributed by atoms with Crippen LogP contribution in [0.2, 0.25) is 5.02 Å². The van der Waals surface area contributed by atoms with Crippen LogP contribution in [0.1, 0.15) is 18.4 Å². The Balaban J connectivity index is 2.07. The topological polar surface area (TPSA) is 46.3 Å². The number of carbonyl (C=O) groups excluding carboxylic acids is 1. The number of hydrogen-bond donors (Lipinski definition) is 1. The number of likely N-dealkylation sites (tertiary alicyclic amines) is 1. The van der Waals surface area contributed by atoms with E-state index in [1.165, 1.54) is 0 Å². The van der Waals surface area contributed by atoms with E-state index in [0.717, 1.165) is 29.4 Å². The molecule has 0 aromatic heterocycles. The van der Waals surface area contributed by atoms with Gasteiger partial charge in [0.25, 0.3) is 0 Å². The Labute approximate surface area is 120 Å². The number of nitrogens with zero attached hydrogens (tertiary/aromatic N) is 1. The van der Waals surface area contributed by atoms with Crippen molar-refractivity contribution >= 4 is 33.4 Å². The van der Waals surface area contributed by atoms with Gasteiger partial charge < -0.3 is 10.6 Å². The molecule has 1 aromatic rings. The molecule has 1 aromatic carbocycles. The zero-order valence-electron chi connectivity index (χ0n) is 10.0. The van der Waals surface area contributed by atoms with Crippen LogP contribution in [-0.2, 0) is 11.2 Å². The van der Waals surface area contributed by atoms with Crippen molar-refractivity contribution in [3.63, 3.8) is 0 Å².